The molecule has 6 heteroatoms. The lowest BCUT2D eigenvalue weighted by Crippen LogP contribution is -2.06. The maximum Gasteiger partial charge on any atom is 0.0809 e. The van der Waals surface area contributed by atoms with E-state index in [-0.39, 0.29) is 11.4 Å². The molecule has 0 spiro atoms. The number of hydrogen-bond acceptors (Lipinski definition) is 6. The molecular weight excluding hydrogens is 300 g/mol. The maximum atomic E-state index is 6.36. The van der Waals surface area contributed by atoms with Crippen molar-refractivity contribution in [2.45, 2.75) is 0 Å². The molecule has 0 atom stereocenters. The monoisotopic (exact) mass is 318 g/mol. The quantitative estimate of drug-likeness (QED) is 0.166. The van der Waals surface area contributed by atoms with Gasteiger partial charge in [0.05, 0.1) is 34.1 Å². The molecule has 0 saturated carbocycles. The Labute approximate surface area is 138 Å². The highest BCUT2D eigenvalue weighted by Gasteiger charge is 2.18. The van der Waals surface area contributed by atoms with Crippen LogP contribution in [-0.2, 0) is 0 Å². The van der Waals surface area contributed by atoms with Crippen LogP contribution >= 0.6 is 0 Å². The second-order valence-electron chi connectivity index (χ2n) is 5.94. The van der Waals surface area contributed by atoms with Crippen molar-refractivity contribution < 1.29 is 0 Å². The van der Waals surface area contributed by atoms with Crippen LogP contribution in [0.1, 0.15) is 0 Å². The molecule has 0 aliphatic rings. The van der Waals surface area contributed by atoms with Crippen LogP contribution in [0.5, 0.6) is 0 Å². The van der Waals surface area contributed by atoms with Crippen molar-refractivity contribution in [3.63, 3.8) is 0 Å². The third-order valence-corrected chi connectivity index (χ3v) is 4.70. The minimum atomic E-state index is 0.263. The van der Waals surface area contributed by atoms with E-state index < -0.39 is 0 Å². The highest BCUT2D eigenvalue weighted by atomic mass is 14.8. The number of benzene rings is 4. The smallest absolute Gasteiger partial charge is 0.0809 e. The molecule has 0 aromatic heterocycles. The predicted octanol–water partition coefficient (Wildman–Crippen LogP) is 2.64. The summed E-state index contributed by atoms with van der Waals surface area (Å²) in [6.45, 7) is 0. The largest absolute Gasteiger partial charge is 0.397 e. The molecule has 24 heavy (non-hydrogen) atoms. The first-order valence-electron chi connectivity index (χ1n) is 7.47. The second kappa shape index (κ2) is 4.48. The van der Waals surface area contributed by atoms with Crippen LogP contribution in [-0.4, -0.2) is 0 Å². The van der Waals surface area contributed by atoms with Crippen LogP contribution in [0.4, 0.5) is 34.1 Å². The molecule has 0 heterocycles. The van der Waals surface area contributed by atoms with Gasteiger partial charge in [-0.3, -0.25) is 0 Å². The summed E-state index contributed by atoms with van der Waals surface area (Å²) in [5.41, 5.74) is 39.3. The Bertz CT molecular complexity index is 1160. The molecule has 4 rings (SSSR count). The summed E-state index contributed by atoms with van der Waals surface area (Å²) in [5, 5.41) is 4.99. The van der Waals surface area contributed by atoms with Gasteiger partial charge in [-0.05, 0) is 10.8 Å². The number of rotatable bonds is 0. The number of anilines is 6. The van der Waals surface area contributed by atoms with Gasteiger partial charge < -0.3 is 34.4 Å². The average Bonchev–Trinajstić information content (AvgIpc) is 2.61. The SMILES string of the molecule is Nc1c(N)c(N)c2c(ccc3c4ccccc4c(N)c(N)c32)c1N. The molecule has 0 amide bonds. The van der Waals surface area contributed by atoms with E-state index in [1.165, 1.54) is 0 Å². The Hall–Kier alpha value is -3.54. The number of nitrogen functional groups attached to an aromatic ring is 6. The van der Waals surface area contributed by atoms with E-state index in [2.05, 4.69) is 0 Å². The molecule has 4 aromatic rings. The first-order valence-corrected chi connectivity index (χ1v) is 7.47. The lowest BCUT2D eigenvalue weighted by atomic mass is 9.92. The van der Waals surface area contributed by atoms with E-state index in [0.717, 1.165) is 21.5 Å². The van der Waals surface area contributed by atoms with Gasteiger partial charge in [-0.15, -0.1) is 0 Å². The van der Waals surface area contributed by atoms with E-state index in [1.807, 2.05) is 36.4 Å². The minimum Gasteiger partial charge on any atom is -0.397 e. The number of hydrogen-bond donors (Lipinski definition) is 6. The summed E-state index contributed by atoms with van der Waals surface area (Å²) < 4.78 is 0. The maximum absolute atomic E-state index is 6.36. The fraction of sp³-hybridized carbons (Fsp3) is 0. The summed E-state index contributed by atoms with van der Waals surface area (Å²) in [6.07, 6.45) is 0. The Morgan fingerprint density at radius 3 is 1.54 bits per heavy atom. The standard InChI is InChI=1S/C18H18N6/c19-13-9-4-2-1-3-7(9)8-5-6-10-12(11(8)15(13)21)16(22)18(24)17(23)14(10)20/h1-6H,19-24H2. The molecule has 0 bridgehead atoms. The molecule has 120 valence electrons. The van der Waals surface area contributed by atoms with E-state index in [4.69, 9.17) is 34.4 Å². The predicted molar refractivity (Wildman–Crippen MR) is 105 cm³/mol. The highest BCUT2D eigenvalue weighted by Crippen LogP contribution is 2.46. The topological polar surface area (TPSA) is 156 Å². The molecule has 6 nitrogen and oxygen atoms in total. The third-order valence-electron chi connectivity index (χ3n) is 4.70. The van der Waals surface area contributed by atoms with Gasteiger partial charge in [-0.25, -0.2) is 0 Å². The Morgan fingerprint density at radius 1 is 0.375 bits per heavy atom. The fourth-order valence-corrected chi connectivity index (χ4v) is 3.41. The molecule has 0 radical (unpaired) electrons. The van der Waals surface area contributed by atoms with Crippen molar-refractivity contribution in [2.24, 2.45) is 0 Å². The Morgan fingerprint density at radius 2 is 0.833 bits per heavy atom. The molecule has 0 unspecified atom stereocenters. The van der Waals surface area contributed by atoms with Crippen LogP contribution < -0.4 is 34.4 Å². The van der Waals surface area contributed by atoms with Gasteiger partial charge in [0.2, 0.25) is 0 Å². The number of nitrogens with two attached hydrogens (primary N) is 6. The van der Waals surface area contributed by atoms with Crippen molar-refractivity contribution in [1.82, 2.24) is 0 Å². The van der Waals surface area contributed by atoms with Crippen molar-refractivity contribution in [3.8, 4) is 0 Å². The average molecular weight is 318 g/mol. The summed E-state index contributed by atoms with van der Waals surface area (Å²) >= 11 is 0. The van der Waals surface area contributed by atoms with Crippen LogP contribution in [0.25, 0.3) is 32.3 Å². The van der Waals surface area contributed by atoms with Crippen molar-refractivity contribution in [2.75, 3.05) is 34.4 Å². The molecule has 0 saturated heterocycles. The van der Waals surface area contributed by atoms with Crippen LogP contribution in [0, 0.1) is 0 Å². The summed E-state index contributed by atoms with van der Waals surface area (Å²) in [7, 11) is 0. The molecule has 4 aromatic carbocycles. The van der Waals surface area contributed by atoms with E-state index in [1.54, 1.807) is 0 Å². The summed E-state index contributed by atoms with van der Waals surface area (Å²) in [4.78, 5) is 0. The molecule has 0 fully saturated rings. The first kappa shape index (κ1) is 14.1. The van der Waals surface area contributed by atoms with E-state index in [9.17, 15) is 0 Å². The van der Waals surface area contributed by atoms with Gasteiger partial charge in [0.15, 0.2) is 0 Å². The van der Waals surface area contributed by atoms with Gasteiger partial charge in [-0.1, -0.05) is 36.4 Å². The van der Waals surface area contributed by atoms with Gasteiger partial charge in [-0.2, -0.15) is 0 Å². The normalized spacial score (nSPS) is 11.5. The fourth-order valence-electron chi connectivity index (χ4n) is 3.41. The van der Waals surface area contributed by atoms with Gasteiger partial charge >= 0.3 is 0 Å². The highest BCUT2D eigenvalue weighted by molar-refractivity contribution is 6.31. The van der Waals surface area contributed by atoms with Gasteiger partial charge in [0.1, 0.15) is 0 Å². The summed E-state index contributed by atoms with van der Waals surface area (Å²) in [5.74, 6) is 0. The first-order chi connectivity index (χ1) is 11.4. The van der Waals surface area contributed by atoms with E-state index >= 15 is 0 Å². The Balaban J connectivity index is 2.41. The zero-order valence-electron chi connectivity index (χ0n) is 12.9. The van der Waals surface area contributed by atoms with Crippen molar-refractivity contribution in [1.29, 1.82) is 0 Å². The summed E-state index contributed by atoms with van der Waals surface area (Å²) in [6, 6.07) is 11.7. The zero-order chi connectivity index (χ0) is 17.2. The molecular formula is C18H18N6. The van der Waals surface area contributed by atoms with Gasteiger partial charge in [0.25, 0.3) is 0 Å². The molecule has 0 aliphatic carbocycles. The Kier molecular flexibility index (Phi) is 2.63. The zero-order valence-corrected chi connectivity index (χ0v) is 12.9. The van der Waals surface area contributed by atoms with Crippen LogP contribution in [0.2, 0.25) is 0 Å². The van der Waals surface area contributed by atoms with Crippen molar-refractivity contribution in [3.05, 3.63) is 36.4 Å². The third kappa shape index (κ3) is 1.54. The number of fused-ring (bicyclic) bond motifs is 5. The van der Waals surface area contributed by atoms with Crippen molar-refractivity contribution >= 4 is 66.4 Å². The minimum absolute atomic E-state index is 0.263. The molecule has 0 aliphatic heterocycles. The lowest BCUT2D eigenvalue weighted by molar-refractivity contribution is 1.69. The van der Waals surface area contributed by atoms with E-state index in [0.29, 0.717) is 33.5 Å². The van der Waals surface area contributed by atoms with Crippen LogP contribution in [0.3, 0.4) is 0 Å². The lowest BCUT2D eigenvalue weighted by Gasteiger charge is -2.18. The molecule has 12 N–H and O–H groups in total. The second-order valence-corrected chi connectivity index (χ2v) is 5.94. The van der Waals surface area contributed by atoms with Gasteiger partial charge in [0, 0.05) is 21.5 Å². The van der Waals surface area contributed by atoms with Crippen LogP contribution in [0.15, 0.2) is 36.4 Å².